The number of ether oxygens (including phenoxy) is 1. The maximum Gasteiger partial charge on any atom is 0.250 e. The predicted octanol–water partition coefficient (Wildman–Crippen LogP) is 3.77. The van der Waals surface area contributed by atoms with Gasteiger partial charge in [0.15, 0.2) is 11.7 Å². The van der Waals surface area contributed by atoms with E-state index in [4.69, 9.17) is 9.15 Å². The van der Waals surface area contributed by atoms with Crippen molar-refractivity contribution in [2.45, 2.75) is 29.5 Å². The summed E-state index contributed by atoms with van der Waals surface area (Å²) in [6.45, 7) is 0.216. The van der Waals surface area contributed by atoms with Crippen LogP contribution < -0.4 is 9.46 Å². The van der Waals surface area contributed by atoms with E-state index < -0.39 is 10.0 Å². The van der Waals surface area contributed by atoms with Crippen molar-refractivity contribution in [3.05, 3.63) is 54.0 Å². The van der Waals surface area contributed by atoms with Crippen molar-refractivity contribution >= 4 is 21.4 Å². The molecule has 4 rings (SSSR count). The zero-order valence-electron chi connectivity index (χ0n) is 14.1. The third-order valence-corrected chi connectivity index (χ3v) is 7.16. The van der Waals surface area contributed by atoms with Crippen LogP contribution in [0.1, 0.15) is 30.2 Å². The molecule has 1 fully saturated rings. The molecule has 136 valence electrons. The lowest BCUT2D eigenvalue weighted by atomic mass is 10.2. The smallest absolute Gasteiger partial charge is 0.250 e. The van der Waals surface area contributed by atoms with Crippen molar-refractivity contribution < 1.29 is 17.6 Å². The number of nitrogens with zero attached hydrogens (tertiary/aromatic N) is 1. The molecule has 0 amide bonds. The van der Waals surface area contributed by atoms with Crippen LogP contribution in [0.25, 0.3) is 10.6 Å². The Morgan fingerprint density at radius 3 is 2.69 bits per heavy atom. The van der Waals surface area contributed by atoms with Gasteiger partial charge in [-0.05, 0) is 42.7 Å². The summed E-state index contributed by atoms with van der Waals surface area (Å²) in [7, 11) is -1.99. The molecule has 0 saturated heterocycles. The standard InChI is InChI=1S/C18H18N2O4S2/c1-23-14-6-2-12(3-7-14)10-20-26(21,22)17-9-8-16(25-17)15-11-19-18(24-15)13-4-5-13/h2-3,6-9,11,13,20H,4-5,10H2,1H3. The molecule has 1 aliphatic rings. The topological polar surface area (TPSA) is 81.4 Å². The van der Waals surface area contributed by atoms with Crippen LogP contribution in [-0.4, -0.2) is 20.5 Å². The highest BCUT2D eigenvalue weighted by molar-refractivity contribution is 7.91. The normalized spacial score (nSPS) is 14.5. The van der Waals surface area contributed by atoms with Gasteiger partial charge in [0.25, 0.3) is 0 Å². The largest absolute Gasteiger partial charge is 0.497 e. The summed E-state index contributed by atoms with van der Waals surface area (Å²) in [5.41, 5.74) is 0.857. The molecule has 8 heteroatoms. The van der Waals surface area contributed by atoms with Gasteiger partial charge in [0, 0.05) is 12.5 Å². The minimum Gasteiger partial charge on any atom is -0.497 e. The van der Waals surface area contributed by atoms with E-state index in [0.717, 1.165) is 34.9 Å². The minimum atomic E-state index is -3.58. The van der Waals surface area contributed by atoms with Gasteiger partial charge in [0.1, 0.15) is 9.96 Å². The van der Waals surface area contributed by atoms with E-state index in [1.54, 1.807) is 37.6 Å². The monoisotopic (exact) mass is 390 g/mol. The Hall–Kier alpha value is -2.16. The van der Waals surface area contributed by atoms with Gasteiger partial charge >= 0.3 is 0 Å². The van der Waals surface area contributed by atoms with Crippen LogP contribution in [0.5, 0.6) is 5.75 Å². The predicted molar refractivity (Wildman–Crippen MR) is 98.8 cm³/mol. The van der Waals surface area contributed by atoms with E-state index in [0.29, 0.717) is 11.7 Å². The zero-order valence-corrected chi connectivity index (χ0v) is 15.8. The van der Waals surface area contributed by atoms with Crippen molar-refractivity contribution in [1.82, 2.24) is 9.71 Å². The molecule has 0 atom stereocenters. The molecule has 0 unspecified atom stereocenters. The van der Waals surface area contributed by atoms with Gasteiger partial charge in [-0.25, -0.2) is 18.1 Å². The highest BCUT2D eigenvalue weighted by Gasteiger charge is 2.29. The molecule has 3 aromatic rings. The maximum atomic E-state index is 12.5. The molecule has 0 radical (unpaired) electrons. The molecule has 1 aliphatic carbocycles. The summed E-state index contributed by atoms with van der Waals surface area (Å²) in [4.78, 5) is 5.04. The molecule has 26 heavy (non-hydrogen) atoms. The SMILES string of the molecule is COc1ccc(CNS(=O)(=O)c2ccc(-c3cnc(C4CC4)o3)s2)cc1. The number of rotatable bonds is 7. The number of hydrogen-bond acceptors (Lipinski definition) is 6. The Balaban J connectivity index is 1.46. The molecule has 1 N–H and O–H groups in total. The molecule has 0 bridgehead atoms. The summed E-state index contributed by atoms with van der Waals surface area (Å²) in [5.74, 6) is 2.53. The molecule has 0 aliphatic heterocycles. The Morgan fingerprint density at radius 2 is 2.00 bits per heavy atom. The van der Waals surface area contributed by atoms with E-state index in [2.05, 4.69) is 9.71 Å². The molecular weight excluding hydrogens is 372 g/mol. The van der Waals surface area contributed by atoms with E-state index >= 15 is 0 Å². The molecule has 1 saturated carbocycles. The quantitative estimate of drug-likeness (QED) is 0.664. The lowest BCUT2D eigenvalue weighted by Gasteiger charge is -2.06. The number of aromatic nitrogens is 1. The molecule has 0 spiro atoms. The molecule has 2 aromatic heterocycles. The molecule has 2 heterocycles. The van der Waals surface area contributed by atoms with Gasteiger partial charge in [-0.15, -0.1) is 11.3 Å². The first kappa shape index (κ1) is 17.3. The Bertz CT molecular complexity index is 1000. The van der Waals surface area contributed by atoms with Crippen LogP contribution >= 0.6 is 11.3 Å². The highest BCUT2D eigenvalue weighted by atomic mass is 32.2. The van der Waals surface area contributed by atoms with Gasteiger partial charge in [0.05, 0.1) is 18.2 Å². The van der Waals surface area contributed by atoms with E-state index in [1.165, 1.54) is 11.3 Å². The molecule has 1 aromatic carbocycles. The Morgan fingerprint density at radius 1 is 1.23 bits per heavy atom. The van der Waals surface area contributed by atoms with Crippen molar-refractivity contribution in [2.24, 2.45) is 0 Å². The minimum absolute atomic E-state index is 0.216. The number of hydrogen-bond donors (Lipinski definition) is 1. The van der Waals surface area contributed by atoms with Crippen LogP contribution in [0.2, 0.25) is 0 Å². The number of methoxy groups -OCH3 is 1. The van der Waals surface area contributed by atoms with Gasteiger partial charge in [0.2, 0.25) is 10.0 Å². The Labute approximate surface area is 155 Å². The fourth-order valence-corrected chi connectivity index (χ4v) is 4.83. The number of benzene rings is 1. The van der Waals surface area contributed by atoms with Crippen LogP contribution in [0.15, 0.2) is 51.2 Å². The first-order valence-corrected chi connectivity index (χ1v) is 10.5. The second-order valence-electron chi connectivity index (χ2n) is 6.13. The van der Waals surface area contributed by atoms with E-state index in [9.17, 15) is 8.42 Å². The van der Waals surface area contributed by atoms with E-state index in [-0.39, 0.29) is 10.8 Å². The van der Waals surface area contributed by atoms with Crippen molar-refractivity contribution in [1.29, 1.82) is 0 Å². The number of nitrogens with one attached hydrogen (secondary N) is 1. The first-order chi connectivity index (χ1) is 12.5. The van der Waals surface area contributed by atoms with Gasteiger partial charge in [-0.1, -0.05) is 12.1 Å². The second-order valence-corrected chi connectivity index (χ2v) is 9.21. The lowest BCUT2D eigenvalue weighted by Crippen LogP contribution is -2.22. The average molecular weight is 390 g/mol. The lowest BCUT2D eigenvalue weighted by molar-refractivity contribution is 0.414. The highest BCUT2D eigenvalue weighted by Crippen LogP contribution is 2.41. The van der Waals surface area contributed by atoms with Crippen LogP contribution in [-0.2, 0) is 16.6 Å². The van der Waals surface area contributed by atoms with Gasteiger partial charge in [-0.2, -0.15) is 0 Å². The van der Waals surface area contributed by atoms with Gasteiger partial charge in [-0.3, -0.25) is 0 Å². The third kappa shape index (κ3) is 3.67. The number of sulfonamides is 1. The second kappa shape index (κ2) is 6.86. The Kier molecular flexibility index (Phi) is 4.56. The summed E-state index contributed by atoms with van der Waals surface area (Å²) < 4.78 is 38.8. The maximum absolute atomic E-state index is 12.5. The fraction of sp³-hybridized carbons (Fsp3) is 0.278. The van der Waals surface area contributed by atoms with E-state index in [1.807, 2.05) is 12.1 Å². The summed E-state index contributed by atoms with van der Waals surface area (Å²) in [6.07, 6.45) is 3.89. The molecule has 6 nitrogen and oxygen atoms in total. The molecular formula is C18H18N2O4S2. The van der Waals surface area contributed by atoms with Gasteiger partial charge < -0.3 is 9.15 Å². The summed E-state index contributed by atoms with van der Waals surface area (Å²) in [5, 5.41) is 0. The average Bonchev–Trinajstić information content (AvgIpc) is 3.18. The zero-order chi connectivity index (χ0) is 18.1. The van der Waals surface area contributed by atoms with Crippen molar-refractivity contribution in [2.75, 3.05) is 7.11 Å². The third-order valence-electron chi connectivity index (χ3n) is 4.16. The fourth-order valence-electron chi connectivity index (χ4n) is 2.51. The van der Waals surface area contributed by atoms with Crippen LogP contribution in [0.3, 0.4) is 0 Å². The summed E-state index contributed by atoms with van der Waals surface area (Å²) in [6, 6.07) is 10.6. The van der Waals surface area contributed by atoms with Crippen molar-refractivity contribution in [3.63, 3.8) is 0 Å². The van der Waals surface area contributed by atoms with Crippen LogP contribution in [0.4, 0.5) is 0 Å². The summed E-state index contributed by atoms with van der Waals surface area (Å²) >= 11 is 1.18. The number of oxazole rings is 1. The van der Waals surface area contributed by atoms with Crippen molar-refractivity contribution in [3.8, 4) is 16.4 Å². The van der Waals surface area contributed by atoms with Crippen LogP contribution in [0, 0.1) is 0 Å². The number of thiophene rings is 1. The first-order valence-electron chi connectivity index (χ1n) is 8.24.